The molecule has 100 valence electrons. The highest BCUT2D eigenvalue weighted by Crippen LogP contribution is 2.14. The summed E-state index contributed by atoms with van der Waals surface area (Å²) in [5.41, 5.74) is 2.86. The molecular weight excluding hydrogens is 244 g/mol. The number of nitrogens with zero attached hydrogens (tertiary/aromatic N) is 3. The standard InChI is InChI=1S/C12H16N6O/c1-8(2)18-11(5-6-15-18)16-12(19)9-3-4-10(17-13)14-7-9/h3-8H,13H2,1-2H3,(H,14,17)(H,16,19). The first kappa shape index (κ1) is 13.0. The molecule has 0 aliphatic carbocycles. The fourth-order valence-electron chi connectivity index (χ4n) is 1.63. The Morgan fingerprint density at radius 1 is 1.37 bits per heavy atom. The molecule has 7 nitrogen and oxygen atoms in total. The zero-order valence-corrected chi connectivity index (χ0v) is 10.8. The van der Waals surface area contributed by atoms with Crippen LogP contribution in [0.25, 0.3) is 0 Å². The molecule has 2 heterocycles. The second-order valence-electron chi connectivity index (χ2n) is 4.29. The molecule has 19 heavy (non-hydrogen) atoms. The van der Waals surface area contributed by atoms with Crippen LogP contribution in [0.2, 0.25) is 0 Å². The molecule has 0 aliphatic rings. The fourth-order valence-corrected chi connectivity index (χ4v) is 1.63. The summed E-state index contributed by atoms with van der Waals surface area (Å²) in [4.78, 5) is 16.0. The Labute approximate surface area is 110 Å². The van der Waals surface area contributed by atoms with E-state index in [0.29, 0.717) is 17.2 Å². The van der Waals surface area contributed by atoms with Gasteiger partial charge in [0.15, 0.2) is 0 Å². The molecule has 2 rings (SSSR count). The van der Waals surface area contributed by atoms with Gasteiger partial charge in [-0.2, -0.15) is 5.10 Å². The summed E-state index contributed by atoms with van der Waals surface area (Å²) in [7, 11) is 0. The van der Waals surface area contributed by atoms with Crippen LogP contribution in [0.4, 0.5) is 11.6 Å². The summed E-state index contributed by atoms with van der Waals surface area (Å²) < 4.78 is 1.74. The molecule has 0 atom stereocenters. The van der Waals surface area contributed by atoms with E-state index in [1.54, 1.807) is 29.1 Å². The number of nitrogen functional groups attached to an aromatic ring is 1. The van der Waals surface area contributed by atoms with Crippen molar-refractivity contribution in [1.82, 2.24) is 14.8 Å². The minimum Gasteiger partial charge on any atom is -0.308 e. The molecule has 0 unspecified atom stereocenters. The summed E-state index contributed by atoms with van der Waals surface area (Å²) in [6, 6.07) is 5.20. The van der Waals surface area contributed by atoms with Crippen LogP contribution < -0.4 is 16.6 Å². The number of amides is 1. The Kier molecular flexibility index (Phi) is 3.76. The van der Waals surface area contributed by atoms with Crippen molar-refractivity contribution in [2.75, 3.05) is 10.7 Å². The lowest BCUT2D eigenvalue weighted by atomic mass is 10.2. The number of carbonyl (C=O) groups excluding carboxylic acids is 1. The number of hydrazine groups is 1. The van der Waals surface area contributed by atoms with Crippen LogP contribution in [-0.4, -0.2) is 20.7 Å². The first-order chi connectivity index (χ1) is 9.11. The highest BCUT2D eigenvalue weighted by atomic mass is 16.1. The van der Waals surface area contributed by atoms with Gasteiger partial charge < -0.3 is 10.7 Å². The first-order valence-corrected chi connectivity index (χ1v) is 5.89. The molecule has 2 aromatic rings. The second kappa shape index (κ2) is 5.49. The van der Waals surface area contributed by atoms with E-state index in [1.165, 1.54) is 6.20 Å². The zero-order valence-electron chi connectivity index (χ0n) is 10.8. The maximum atomic E-state index is 12.0. The number of aromatic nitrogens is 3. The van der Waals surface area contributed by atoms with Gasteiger partial charge in [0.1, 0.15) is 11.6 Å². The average Bonchev–Trinajstić information content (AvgIpc) is 2.87. The van der Waals surface area contributed by atoms with E-state index < -0.39 is 0 Å². The molecule has 0 saturated heterocycles. The van der Waals surface area contributed by atoms with Crippen molar-refractivity contribution in [1.29, 1.82) is 0 Å². The van der Waals surface area contributed by atoms with Crippen molar-refractivity contribution in [3.05, 3.63) is 36.2 Å². The number of nitrogens with one attached hydrogen (secondary N) is 2. The summed E-state index contributed by atoms with van der Waals surface area (Å²) in [6.07, 6.45) is 3.11. The molecule has 0 saturated carbocycles. The Hall–Kier alpha value is -2.41. The van der Waals surface area contributed by atoms with Gasteiger partial charge in [0.2, 0.25) is 0 Å². The number of hydrogen-bond donors (Lipinski definition) is 3. The molecule has 0 aromatic carbocycles. The normalized spacial score (nSPS) is 10.5. The number of pyridine rings is 1. The lowest BCUT2D eigenvalue weighted by Gasteiger charge is -2.11. The molecule has 0 fully saturated rings. The topological polar surface area (TPSA) is 97.9 Å². The van der Waals surface area contributed by atoms with Gasteiger partial charge in [-0.05, 0) is 26.0 Å². The summed E-state index contributed by atoms with van der Waals surface area (Å²) in [5.74, 6) is 6.13. The maximum Gasteiger partial charge on any atom is 0.258 e. The Morgan fingerprint density at radius 2 is 2.16 bits per heavy atom. The van der Waals surface area contributed by atoms with E-state index in [0.717, 1.165) is 0 Å². The summed E-state index contributed by atoms with van der Waals surface area (Å²) >= 11 is 0. The zero-order chi connectivity index (χ0) is 13.8. The quantitative estimate of drug-likeness (QED) is 0.570. The molecule has 4 N–H and O–H groups in total. The van der Waals surface area contributed by atoms with Crippen molar-refractivity contribution < 1.29 is 4.79 Å². The molecule has 7 heteroatoms. The van der Waals surface area contributed by atoms with Crippen molar-refractivity contribution in [2.24, 2.45) is 5.84 Å². The monoisotopic (exact) mass is 260 g/mol. The van der Waals surface area contributed by atoms with Crippen LogP contribution in [0.3, 0.4) is 0 Å². The average molecular weight is 260 g/mol. The predicted octanol–water partition coefficient (Wildman–Crippen LogP) is 1.40. The van der Waals surface area contributed by atoms with E-state index in [1.807, 2.05) is 13.8 Å². The van der Waals surface area contributed by atoms with Crippen LogP contribution in [0.15, 0.2) is 30.6 Å². The van der Waals surface area contributed by atoms with Gasteiger partial charge in [0.25, 0.3) is 5.91 Å². The third-order valence-electron chi connectivity index (χ3n) is 2.57. The van der Waals surface area contributed by atoms with Crippen LogP contribution in [0, 0.1) is 0 Å². The SMILES string of the molecule is CC(C)n1nccc1NC(=O)c1ccc(NN)nc1. The fraction of sp³-hybridized carbons (Fsp3) is 0.250. The van der Waals surface area contributed by atoms with Crippen molar-refractivity contribution >= 4 is 17.5 Å². The van der Waals surface area contributed by atoms with Crippen LogP contribution >= 0.6 is 0 Å². The number of hydrogen-bond acceptors (Lipinski definition) is 5. The van der Waals surface area contributed by atoms with Crippen LogP contribution in [-0.2, 0) is 0 Å². The summed E-state index contributed by atoms with van der Waals surface area (Å²) in [6.45, 7) is 3.98. The van der Waals surface area contributed by atoms with E-state index in [-0.39, 0.29) is 11.9 Å². The molecule has 0 bridgehead atoms. The van der Waals surface area contributed by atoms with Crippen molar-refractivity contribution in [3.63, 3.8) is 0 Å². The molecular formula is C12H16N6O. The molecule has 1 amide bonds. The number of carbonyl (C=O) groups is 1. The lowest BCUT2D eigenvalue weighted by molar-refractivity contribution is 0.102. The van der Waals surface area contributed by atoms with Gasteiger partial charge in [-0.15, -0.1) is 0 Å². The summed E-state index contributed by atoms with van der Waals surface area (Å²) in [5, 5.41) is 6.95. The second-order valence-corrected chi connectivity index (χ2v) is 4.29. The van der Waals surface area contributed by atoms with Gasteiger partial charge in [-0.25, -0.2) is 15.5 Å². The third kappa shape index (κ3) is 2.89. The first-order valence-electron chi connectivity index (χ1n) is 5.89. The lowest BCUT2D eigenvalue weighted by Crippen LogP contribution is -2.17. The van der Waals surface area contributed by atoms with Gasteiger partial charge in [0.05, 0.1) is 11.8 Å². The Morgan fingerprint density at radius 3 is 2.74 bits per heavy atom. The van der Waals surface area contributed by atoms with E-state index in [2.05, 4.69) is 20.8 Å². The highest BCUT2D eigenvalue weighted by Gasteiger charge is 2.11. The molecule has 0 radical (unpaired) electrons. The van der Waals surface area contributed by atoms with Gasteiger partial charge in [0, 0.05) is 18.3 Å². The van der Waals surface area contributed by atoms with Crippen LogP contribution in [0.1, 0.15) is 30.2 Å². The third-order valence-corrected chi connectivity index (χ3v) is 2.57. The number of anilines is 2. The van der Waals surface area contributed by atoms with Crippen molar-refractivity contribution in [2.45, 2.75) is 19.9 Å². The van der Waals surface area contributed by atoms with Crippen molar-refractivity contribution in [3.8, 4) is 0 Å². The molecule has 0 aliphatic heterocycles. The largest absolute Gasteiger partial charge is 0.308 e. The highest BCUT2D eigenvalue weighted by molar-refractivity contribution is 6.03. The predicted molar refractivity (Wildman–Crippen MR) is 72.6 cm³/mol. The van der Waals surface area contributed by atoms with Gasteiger partial charge in [-0.3, -0.25) is 4.79 Å². The number of rotatable bonds is 4. The minimum atomic E-state index is -0.238. The number of nitrogens with two attached hydrogens (primary N) is 1. The molecule has 2 aromatic heterocycles. The Bertz CT molecular complexity index is 560. The van der Waals surface area contributed by atoms with Crippen LogP contribution in [0.5, 0.6) is 0 Å². The van der Waals surface area contributed by atoms with Gasteiger partial charge in [-0.1, -0.05) is 0 Å². The minimum absolute atomic E-state index is 0.173. The van der Waals surface area contributed by atoms with E-state index >= 15 is 0 Å². The smallest absolute Gasteiger partial charge is 0.258 e. The molecule has 0 spiro atoms. The maximum absolute atomic E-state index is 12.0. The van der Waals surface area contributed by atoms with E-state index in [9.17, 15) is 4.79 Å². The van der Waals surface area contributed by atoms with Gasteiger partial charge >= 0.3 is 0 Å². The Balaban J connectivity index is 2.13. The van der Waals surface area contributed by atoms with E-state index in [4.69, 9.17) is 5.84 Å².